The topological polar surface area (TPSA) is 76.7 Å². The normalized spacial score (nSPS) is 10.2. The molecule has 0 unspecified atom stereocenters. The van der Waals surface area contributed by atoms with E-state index in [1.165, 1.54) is 14.2 Å². The van der Waals surface area contributed by atoms with Crippen molar-refractivity contribution in [1.29, 1.82) is 0 Å². The first-order valence-electron chi connectivity index (χ1n) is 6.72. The summed E-state index contributed by atoms with van der Waals surface area (Å²) in [6.07, 6.45) is 5.23. The lowest BCUT2D eigenvalue weighted by molar-refractivity contribution is -0.125. The van der Waals surface area contributed by atoms with Crippen molar-refractivity contribution in [2.45, 2.75) is 32.1 Å². The highest BCUT2D eigenvalue weighted by molar-refractivity contribution is 5.77. The zero-order chi connectivity index (χ0) is 14.3. The molecule has 0 atom stereocenters. The van der Waals surface area contributed by atoms with Crippen LogP contribution in [0.2, 0.25) is 0 Å². The van der Waals surface area contributed by atoms with Gasteiger partial charge in [-0.15, -0.1) is 0 Å². The Kier molecular flexibility index (Phi) is 12.5. The number of amides is 2. The molecule has 19 heavy (non-hydrogen) atoms. The summed E-state index contributed by atoms with van der Waals surface area (Å²) in [6.45, 7) is 1.65. The van der Waals surface area contributed by atoms with Crippen molar-refractivity contribution < 1.29 is 19.1 Å². The third-order valence-corrected chi connectivity index (χ3v) is 2.55. The van der Waals surface area contributed by atoms with Gasteiger partial charge in [0, 0.05) is 27.3 Å². The summed E-state index contributed by atoms with van der Waals surface area (Å²) in [5.41, 5.74) is 0. The third-order valence-electron chi connectivity index (χ3n) is 2.55. The molecule has 0 saturated carbocycles. The molecule has 0 aromatic rings. The minimum absolute atomic E-state index is 0.0663. The number of hydrogen-bond acceptors (Lipinski definition) is 4. The van der Waals surface area contributed by atoms with Gasteiger partial charge < -0.3 is 20.1 Å². The minimum Gasteiger partial charge on any atom is -0.375 e. The molecular weight excluding hydrogens is 248 g/mol. The van der Waals surface area contributed by atoms with Gasteiger partial charge in [-0.3, -0.25) is 9.59 Å². The van der Waals surface area contributed by atoms with E-state index in [4.69, 9.17) is 9.47 Å². The summed E-state index contributed by atoms with van der Waals surface area (Å²) >= 11 is 0. The molecule has 0 aliphatic rings. The van der Waals surface area contributed by atoms with Gasteiger partial charge in [0.15, 0.2) is 0 Å². The Labute approximate surface area is 115 Å². The first-order chi connectivity index (χ1) is 9.20. The summed E-state index contributed by atoms with van der Waals surface area (Å²) in [6, 6.07) is 0. The van der Waals surface area contributed by atoms with Crippen molar-refractivity contribution >= 4 is 11.8 Å². The van der Waals surface area contributed by atoms with Crippen LogP contribution in [0, 0.1) is 0 Å². The number of carbonyl (C=O) groups excluding carboxylic acids is 2. The molecule has 0 rings (SSSR count). The molecule has 0 spiro atoms. The quantitative estimate of drug-likeness (QED) is 0.507. The van der Waals surface area contributed by atoms with Crippen LogP contribution in [0.15, 0.2) is 0 Å². The monoisotopic (exact) mass is 274 g/mol. The van der Waals surface area contributed by atoms with Crippen LogP contribution in [0.25, 0.3) is 0 Å². The van der Waals surface area contributed by atoms with E-state index in [-0.39, 0.29) is 25.0 Å². The van der Waals surface area contributed by atoms with Crippen LogP contribution < -0.4 is 10.6 Å². The van der Waals surface area contributed by atoms with E-state index in [0.29, 0.717) is 13.1 Å². The lowest BCUT2D eigenvalue weighted by Gasteiger charge is -2.05. The molecule has 2 N–H and O–H groups in total. The number of nitrogens with one attached hydrogen (secondary N) is 2. The fraction of sp³-hybridized carbons (Fsp3) is 0.846. The van der Waals surface area contributed by atoms with Gasteiger partial charge in [0.2, 0.25) is 11.8 Å². The summed E-state index contributed by atoms with van der Waals surface area (Å²) in [4.78, 5) is 22.1. The first-order valence-corrected chi connectivity index (χ1v) is 6.72. The highest BCUT2D eigenvalue weighted by Gasteiger charge is 1.99. The average Bonchev–Trinajstić information content (AvgIpc) is 2.37. The molecule has 112 valence electrons. The number of rotatable bonds is 12. The fourth-order valence-corrected chi connectivity index (χ4v) is 1.60. The second-order valence-electron chi connectivity index (χ2n) is 4.33. The Bertz CT molecular complexity index is 223. The van der Waals surface area contributed by atoms with Crippen LogP contribution in [0.1, 0.15) is 32.1 Å². The number of carbonyl (C=O) groups is 2. The van der Waals surface area contributed by atoms with Crippen LogP contribution in [0.5, 0.6) is 0 Å². The van der Waals surface area contributed by atoms with Crippen LogP contribution in [-0.4, -0.2) is 52.3 Å². The van der Waals surface area contributed by atoms with Crippen molar-refractivity contribution in [1.82, 2.24) is 10.6 Å². The maximum atomic E-state index is 11.0. The van der Waals surface area contributed by atoms with Crippen molar-refractivity contribution in [3.8, 4) is 0 Å². The highest BCUT2D eigenvalue weighted by Crippen LogP contribution is 2.01. The fourth-order valence-electron chi connectivity index (χ4n) is 1.60. The van der Waals surface area contributed by atoms with Gasteiger partial charge >= 0.3 is 0 Å². The summed E-state index contributed by atoms with van der Waals surface area (Å²) in [5.74, 6) is -0.133. The zero-order valence-electron chi connectivity index (χ0n) is 12.0. The smallest absolute Gasteiger partial charge is 0.245 e. The van der Waals surface area contributed by atoms with E-state index < -0.39 is 0 Å². The molecule has 0 aromatic carbocycles. The highest BCUT2D eigenvalue weighted by atomic mass is 16.5. The van der Waals surface area contributed by atoms with E-state index in [9.17, 15) is 9.59 Å². The molecular formula is C13H26N2O4. The lowest BCUT2D eigenvalue weighted by Crippen LogP contribution is -2.28. The Hall–Kier alpha value is -1.14. The van der Waals surface area contributed by atoms with E-state index in [0.717, 1.165) is 32.1 Å². The standard InChI is InChI=1S/C13H26N2O4/c1-18-10-12(16)14-8-6-4-3-5-7-9-15-13(17)11-19-2/h3-11H2,1-2H3,(H,14,16)(H,15,17). The second kappa shape index (κ2) is 13.3. The number of hydrogen-bond donors (Lipinski definition) is 2. The van der Waals surface area contributed by atoms with Gasteiger partial charge in [0.05, 0.1) is 0 Å². The summed E-state index contributed by atoms with van der Waals surface area (Å²) in [7, 11) is 3.01. The molecule has 6 nitrogen and oxygen atoms in total. The number of ether oxygens (including phenoxy) is 2. The van der Waals surface area contributed by atoms with Gasteiger partial charge in [-0.05, 0) is 12.8 Å². The second-order valence-corrected chi connectivity index (χ2v) is 4.33. The van der Waals surface area contributed by atoms with Crippen LogP contribution in [-0.2, 0) is 19.1 Å². The maximum Gasteiger partial charge on any atom is 0.245 e. The summed E-state index contributed by atoms with van der Waals surface area (Å²) < 4.78 is 9.41. The number of unbranched alkanes of at least 4 members (excludes halogenated alkanes) is 4. The Morgan fingerprint density at radius 2 is 1.11 bits per heavy atom. The van der Waals surface area contributed by atoms with E-state index in [2.05, 4.69) is 10.6 Å². The zero-order valence-corrected chi connectivity index (χ0v) is 12.0. The van der Waals surface area contributed by atoms with Crippen molar-refractivity contribution in [2.75, 3.05) is 40.5 Å². The molecule has 0 radical (unpaired) electrons. The predicted octanol–water partition coefficient (Wildman–Crippen LogP) is 0.462. The van der Waals surface area contributed by atoms with Crippen molar-refractivity contribution in [3.63, 3.8) is 0 Å². The molecule has 0 saturated heterocycles. The number of methoxy groups -OCH3 is 2. The van der Waals surface area contributed by atoms with E-state index in [1.54, 1.807) is 0 Å². The van der Waals surface area contributed by atoms with E-state index in [1.807, 2.05) is 0 Å². The lowest BCUT2D eigenvalue weighted by atomic mass is 10.1. The van der Waals surface area contributed by atoms with Gasteiger partial charge in [0.1, 0.15) is 13.2 Å². The molecule has 0 fully saturated rings. The molecule has 0 bridgehead atoms. The largest absolute Gasteiger partial charge is 0.375 e. The van der Waals surface area contributed by atoms with Gasteiger partial charge in [-0.2, -0.15) is 0 Å². The maximum absolute atomic E-state index is 11.0. The van der Waals surface area contributed by atoms with Crippen LogP contribution in [0.4, 0.5) is 0 Å². The van der Waals surface area contributed by atoms with Gasteiger partial charge in [0.25, 0.3) is 0 Å². The molecule has 2 amide bonds. The van der Waals surface area contributed by atoms with Gasteiger partial charge in [-0.25, -0.2) is 0 Å². The summed E-state index contributed by atoms with van der Waals surface area (Å²) in [5, 5.41) is 5.56. The molecule has 0 aliphatic carbocycles. The van der Waals surface area contributed by atoms with E-state index >= 15 is 0 Å². The van der Waals surface area contributed by atoms with Crippen molar-refractivity contribution in [2.24, 2.45) is 0 Å². The Balaban J connectivity index is 3.15. The molecule has 6 heteroatoms. The molecule has 0 heterocycles. The molecule has 0 aliphatic heterocycles. The SMILES string of the molecule is COCC(=O)NCCCCCCCNC(=O)COC. The predicted molar refractivity (Wildman–Crippen MR) is 72.9 cm³/mol. The van der Waals surface area contributed by atoms with Gasteiger partial charge in [-0.1, -0.05) is 19.3 Å². The first kappa shape index (κ1) is 17.9. The Morgan fingerprint density at radius 3 is 1.47 bits per heavy atom. The third kappa shape index (κ3) is 13.1. The van der Waals surface area contributed by atoms with Crippen LogP contribution >= 0.6 is 0 Å². The minimum atomic E-state index is -0.0663. The van der Waals surface area contributed by atoms with Crippen molar-refractivity contribution in [3.05, 3.63) is 0 Å². The molecule has 0 aromatic heterocycles. The average molecular weight is 274 g/mol. The Morgan fingerprint density at radius 1 is 0.737 bits per heavy atom. The van der Waals surface area contributed by atoms with Crippen LogP contribution in [0.3, 0.4) is 0 Å².